The molecule has 1 saturated heterocycles. The van der Waals surface area contributed by atoms with E-state index < -0.39 is 0 Å². The van der Waals surface area contributed by atoms with Crippen molar-refractivity contribution in [2.45, 2.75) is 19.3 Å². The normalized spacial score (nSPS) is 21.1. The van der Waals surface area contributed by atoms with Gasteiger partial charge < -0.3 is 5.32 Å². The zero-order valence-corrected chi connectivity index (χ0v) is 11.9. The summed E-state index contributed by atoms with van der Waals surface area (Å²) < 4.78 is 1.01. The Morgan fingerprint density at radius 1 is 1.24 bits per heavy atom. The van der Waals surface area contributed by atoms with Crippen molar-refractivity contribution in [1.29, 1.82) is 0 Å². The Kier molecular flexibility index (Phi) is 3.62. The van der Waals surface area contributed by atoms with E-state index in [-0.39, 0.29) is 17.8 Å². The van der Waals surface area contributed by atoms with Gasteiger partial charge in [-0.1, -0.05) is 22.0 Å². The molecule has 17 heavy (non-hydrogen) atoms. The van der Waals surface area contributed by atoms with E-state index in [0.717, 1.165) is 42.4 Å². The van der Waals surface area contributed by atoms with E-state index in [2.05, 4.69) is 27.3 Å². The molecule has 0 bridgehead atoms. The van der Waals surface area contributed by atoms with E-state index in [1.165, 1.54) is 5.56 Å². The van der Waals surface area contributed by atoms with Crippen LogP contribution in [0.15, 0.2) is 22.7 Å². The fourth-order valence-corrected chi connectivity index (χ4v) is 3.31. The number of carbonyl (C=O) groups excluding carboxylic acids is 1. The summed E-state index contributed by atoms with van der Waals surface area (Å²) in [5.41, 5.74) is 2.08. The van der Waals surface area contributed by atoms with E-state index in [9.17, 15) is 4.79 Å². The quantitative estimate of drug-likeness (QED) is 0.797. The van der Waals surface area contributed by atoms with Crippen LogP contribution in [-0.2, 0) is 6.42 Å². The van der Waals surface area contributed by atoms with Gasteiger partial charge in [-0.3, -0.25) is 4.79 Å². The Balaban J connectivity index is 0.00000108. The highest BCUT2D eigenvalue weighted by atomic mass is 79.9. The summed E-state index contributed by atoms with van der Waals surface area (Å²) >= 11 is 3.44. The number of ketones is 1. The van der Waals surface area contributed by atoms with Gasteiger partial charge >= 0.3 is 0 Å². The predicted octanol–water partition coefficient (Wildman–Crippen LogP) is 2.98. The van der Waals surface area contributed by atoms with Crippen LogP contribution in [0.5, 0.6) is 0 Å². The summed E-state index contributed by atoms with van der Waals surface area (Å²) in [6.45, 7) is 1.95. The van der Waals surface area contributed by atoms with Crippen molar-refractivity contribution < 1.29 is 4.79 Å². The second-order valence-electron chi connectivity index (χ2n) is 4.84. The van der Waals surface area contributed by atoms with Crippen molar-refractivity contribution in [3.63, 3.8) is 0 Å². The number of rotatable bonds is 0. The largest absolute Gasteiger partial charge is 0.317 e. The lowest BCUT2D eigenvalue weighted by molar-refractivity contribution is 0.0762. The molecule has 1 heterocycles. The Bertz CT molecular complexity index is 455. The number of benzene rings is 1. The van der Waals surface area contributed by atoms with Crippen LogP contribution in [-0.4, -0.2) is 18.9 Å². The number of piperidine rings is 1. The van der Waals surface area contributed by atoms with E-state index in [1.807, 2.05) is 12.1 Å². The van der Waals surface area contributed by atoms with Crippen LogP contribution in [0.4, 0.5) is 0 Å². The van der Waals surface area contributed by atoms with Crippen LogP contribution in [0.3, 0.4) is 0 Å². The van der Waals surface area contributed by atoms with Gasteiger partial charge in [0.15, 0.2) is 5.78 Å². The fourth-order valence-electron chi connectivity index (χ4n) is 2.95. The Morgan fingerprint density at radius 2 is 1.94 bits per heavy atom. The fraction of sp³-hybridized carbons (Fsp3) is 0.462. The molecule has 2 aliphatic rings. The number of nitrogens with one attached hydrogen (secondary N) is 1. The smallest absolute Gasteiger partial charge is 0.169 e. The Labute approximate surface area is 116 Å². The number of hydrogen-bond acceptors (Lipinski definition) is 2. The molecular weight excluding hydrogens is 302 g/mol. The molecule has 0 radical (unpaired) electrons. The molecular formula is C13H15BrClNO. The first kappa shape index (κ1) is 13.1. The third-order valence-corrected chi connectivity index (χ3v) is 4.38. The summed E-state index contributed by atoms with van der Waals surface area (Å²) in [4.78, 5) is 12.5. The monoisotopic (exact) mass is 315 g/mol. The van der Waals surface area contributed by atoms with Crippen molar-refractivity contribution in [3.8, 4) is 0 Å². The molecule has 1 fully saturated rings. The molecule has 1 aromatic rings. The predicted molar refractivity (Wildman–Crippen MR) is 74.0 cm³/mol. The zero-order chi connectivity index (χ0) is 11.2. The van der Waals surface area contributed by atoms with E-state index in [0.29, 0.717) is 5.78 Å². The van der Waals surface area contributed by atoms with Gasteiger partial charge in [-0.2, -0.15) is 0 Å². The Hall–Kier alpha value is -0.380. The van der Waals surface area contributed by atoms with Crippen molar-refractivity contribution in [3.05, 3.63) is 33.8 Å². The van der Waals surface area contributed by atoms with Gasteiger partial charge in [0.05, 0.1) is 0 Å². The van der Waals surface area contributed by atoms with E-state index in [4.69, 9.17) is 0 Å². The molecule has 4 heteroatoms. The standard InChI is InChI=1S/C13H14BrNO.ClH/c14-10-2-1-9-8-13(3-5-15-6-4-13)12(16)11(9)7-10;/h1-2,7,15H,3-6,8H2;1H. The van der Waals surface area contributed by atoms with Gasteiger partial charge in [0, 0.05) is 15.5 Å². The van der Waals surface area contributed by atoms with Gasteiger partial charge in [0.2, 0.25) is 0 Å². The molecule has 0 atom stereocenters. The molecule has 0 saturated carbocycles. The van der Waals surface area contributed by atoms with Gasteiger partial charge in [0.25, 0.3) is 0 Å². The lowest BCUT2D eigenvalue weighted by atomic mass is 9.75. The number of hydrogen-bond donors (Lipinski definition) is 1. The molecule has 92 valence electrons. The molecule has 1 aromatic carbocycles. The summed E-state index contributed by atoms with van der Waals surface area (Å²) in [6, 6.07) is 6.11. The number of carbonyl (C=O) groups is 1. The molecule has 0 aromatic heterocycles. The van der Waals surface area contributed by atoms with Gasteiger partial charge in [-0.15, -0.1) is 12.4 Å². The minimum atomic E-state index is -0.0889. The average Bonchev–Trinajstić information content (AvgIpc) is 2.55. The number of Topliss-reactive ketones (excluding diaryl/α,β-unsaturated/α-hetero) is 1. The summed E-state index contributed by atoms with van der Waals surface area (Å²) in [5, 5.41) is 3.33. The first-order chi connectivity index (χ1) is 7.71. The second kappa shape index (κ2) is 4.71. The van der Waals surface area contributed by atoms with Crippen molar-refractivity contribution in [1.82, 2.24) is 5.32 Å². The maximum atomic E-state index is 12.5. The summed E-state index contributed by atoms with van der Waals surface area (Å²) in [6.07, 6.45) is 2.91. The van der Waals surface area contributed by atoms with Crippen LogP contribution in [0.25, 0.3) is 0 Å². The van der Waals surface area contributed by atoms with Crippen molar-refractivity contribution in [2.24, 2.45) is 5.41 Å². The molecule has 1 N–H and O–H groups in total. The highest BCUT2D eigenvalue weighted by Crippen LogP contribution is 2.43. The third kappa shape index (κ3) is 2.05. The van der Waals surface area contributed by atoms with Gasteiger partial charge in [0.1, 0.15) is 0 Å². The Morgan fingerprint density at radius 3 is 2.65 bits per heavy atom. The minimum absolute atomic E-state index is 0. The second-order valence-corrected chi connectivity index (χ2v) is 5.75. The lowest BCUT2D eigenvalue weighted by Crippen LogP contribution is -2.40. The van der Waals surface area contributed by atoms with Crippen LogP contribution < -0.4 is 5.32 Å². The summed E-state index contributed by atoms with van der Waals surface area (Å²) in [5.74, 6) is 0.366. The highest BCUT2D eigenvalue weighted by molar-refractivity contribution is 9.10. The summed E-state index contributed by atoms with van der Waals surface area (Å²) in [7, 11) is 0. The molecule has 0 unspecified atom stereocenters. The van der Waals surface area contributed by atoms with Crippen LogP contribution in [0.2, 0.25) is 0 Å². The number of halogens is 2. The SMILES string of the molecule is Cl.O=C1c2cc(Br)ccc2CC12CCNCC2. The van der Waals surface area contributed by atoms with Gasteiger partial charge in [-0.25, -0.2) is 0 Å². The highest BCUT2D eigenvalue weighted by Gasteiger charge is 2.45. The zero-order valence-electron chi connectivity index (χ0n) is 9.46. The van der Waals surface area contributed by atoms with Crippen LogP contribution in [0.1, 0.15) is 28.8 Å². The van der Waals surface area contributed by atoms with Gasteiger partial charge in [-0.05, 0) is 50.0 Å². The van der Waals surface area contributed by atoms with Crippen molar-refractivity contribution >= 4 is 34.1 Å². The number of fused-ring (bicyclic) bond motifs is 1. The topological polar surface area (TPSA) is 29.1 Å². The third-order valence-electron chi connectivity index (χ3n) is 3.89. The molecule has 1 aliphatic heterocycles. The first-order valence-electron chi connectivity index (χ1n) is 5.75. The maximum Gasteiger partial charge on any atom is 0.169 e. The van der Waals surface area contributed by atoms with Crippen LogP contribution in [0, 0.1) is 5.41 Å². The minimum Gasteiger partial charge on any atom is -0.317 e. The first-order valence-corrected chi connectivity index (χ1v) is 6.55. The lowest BCUT2D eigenvalue weighted by Gasteiger charge is -2.31. The molecule has 3 rings (SSSR count). The van der Waals surface area contributed by atoms with E-state index >= 15 is 0 Å². The molecule has 1 aliphatic carbocycles. The molecule has 1 spiro atoms. The van der Waals surface area contributed by atoms with Crippen molar-refractivity contribution in [2.75, 3.05) is 13.1 Å². The maximum absolute atomic E-state index is 12.5. The molecule has 0 amide bonds. The average molecular weight is 317 g/mol. The van der Waals surface area contributed by atoms with Crippen LogP contribution >= 0.6 is 28.3 Å². The molecule has 2 nitrogen and oxygen atoms in total. The van der Waals surface area contributed by atoms with E-state index in [1.54, 1.807) is 0 Å².